The van der Waals surface area contributed by atoms with E-state index in [0.717, 1.165) is 33.2 Å². The predicted octanol–water partition coefficient (Wildman–Crippen LogP) is 4.57. The van der Waals surface area contributed by atoms with Crippen molar-refractivity contribution in [3.8, 4) is 22.8 Å². The maximum absolute atomic E-state index is 12.7. The van der Waals surface area contributed by atoms with Crippen LogP contribution in [-0.2, 0) is 4.79 Å². The number of methoxy groups -OCH3 is 2. The summed E-state index contributed by atoms with van der Waals surface area (Å²) in [6.07, 6.45) is 3.84. The van der Waals surface area contributed by atoms with Gasteiger partial charge in [-0.05, 0) is 30.3 Å². The Morgan fingerprint density at radius 1 is 1.10 bits per heavy atom. The Hall–Kier alpha value is -3.58. The number of nitrogens with zero attached hydrogens (tertiary/aromatic N) is 2. The average molecular weight is 403 g/mol. The first-order valence-corrected chi connectivity index (χ1v) is 9.88. The number of hydrogen-bond donors (Lipinski definition) is 1. The number of para-hydroxylation sites is 1. The molecule has 3 heterocycles. The first kappa shape index (κ1) is 17.5. The molecule has 0 saturated heterocycles. The van der Waals surface area contributed by atoms with Crippen LogP contribution in [0, 0.1) is 0 Å². The minimum absolute atomic E-state index is 0.125. The first-order valence-electron chi connectivity index (χ1n) is 9.00. The van der Waals surface area contributed by atoms with Gasteiger partial charge in [-0.3, -0.25) is 9.20 Å². The Morgan fingerprint density at radius 2 is 1.97 bits per heavy atom. The summed E-state index contributed by atoms with van der Waals surface area (Å²) < 4.78 is 13.0. The van der Waals surface area contributed by atoms with Crippen molar-refractivity contribution in [2.75, 3.05) is 19.5 Å². The Morgan fingerprint density at radius 3 is 2.79 bits per heavy atom. The fourth-order valence-corrected chi connectivity index (χ4v) is 4.28. The highest BCUT2D eigenvalue weighted by Crippen LogP contribution is 2.39. The molecule has 6 nitrogen and oxygen atoms in total. The molecule has 7 heteroatoms. The molecule has 4 aromatic rings. The van der Waals surface area contributed by atoms with Crippen LogP contribution in [0.1, 0.15) is 11.3 Å². The summed E-state index contributed by atoms with van der Waals surface area (Å²) in [5.74, 6) is 1.27. The van der Waals surface area contributed by atoms with Crippen molar-refractivity contribution in [2.45, 2.75) is 0 Å². The van der Waals surface area contributed by atoms with Crippen molar-refractivity contribution in [3.05, 3.63) is 65.3 Å². The fraction of sp³-hybridized carbons (Fsp3) is 0.0909. The number of anilines is 1. The smallest absolute Gasteiger partial charge is 0.256 e. The Bertz CT molecular complexity index is 1290. The van der Waals surface area contributed by atoms with Gasteiger partial charge in [0.1, 0.15) is 17.2 Å². The van der Waals surface area contributed by atoms with Crippen molar-refractivity contribution < 1.29 is 14.3 Å². The zero-order valence-electron chi connectivity index (χ0n) is 15.8. The predicted molar refractivity (Wildman–Crippen MR) is 115 cm³/mol. The molecule has 0 saturated carbocycles. The van der Waals surface area contributed by atoms with Gasteiger partial charge in [-0.2, -0.15) is 0 Å². The standard InChI is InChI=1S/C22H17N3O3S/c1-27-13-7-8-19(28-2)16(11-13)20-18(25-9-10-29-22(25)24-20)12-15-14-5-3-4-6-17(14)23-21(15)26/h3-12H,1-2H3,(H,23,26)/b15-12+. The molecule has 0 atom stereocenters. The molecule has 5 rings (SSSR count). The van der Waals surface area contributed by atoms with Crippen LogP contribution >= 0.6 is 11.3 Å². The number of amides is 1. The third-order valence-electron chi connectivity index (χ3n) is 4.95. The molecule has 0 aliphatic carbocycles. The Kier molecular flexibility index (Phi) is 4.10. The molecular weight excluding hydrogens is 386 g/mol. The summed E-state index contributed by atoms with van der Waals surface area (Å²) in [6.45, 7) is 0. The molecule has 1 N–H and O–H groups in total. The molecule has 0 radical (unpaired) electrons. The SMILES string of the molecule is COc1ccc(OC)c(-c2nc3sccn3c2/C=C2/C(=O)Nc3ccccc32)c1. The maximum Gasteiger partial charge on any atom is 0.256 e. The summed E-state index contributed by atoms with van der Waals surface area (Å²) in [5.41, 5.74) is 4.66. The second-order valence-electron chi connectivity index (χ2n) is 6.53. The molecule has 144 valence electrons. The van der Waals surface area contributed by atoms with Gasteiger partial charge in [0.2, 0.25) is 0 Å². The lowest BCUT2D eigenvalue weighted by Gasteiger charge is -2.10. The normalized spacial score (nSPS) is 14.3. The molecule has 2 aromatic carbocycles. The fourth-order valence-electron chi connectivity index (χ4n) is 3.56. The van der Waals surface area contributed by atoms with Crippen molar-refractivity contribution >= 4 is 39.5 Å². The van der Waals surface area contributed by atoms with Crippen LogP contribution in [0.25, 0.3) is 27.9 Å². The summed E-state index contributed by atoms with van der Waals surface area (Å²) in [5, 5.41) is 4.89. The van der Waals surface area contributed by atoms with Crippen LogP contribution in [-0.4, -0.2) is 29.5 Å². The molecule has 29 heavy (non-hydrogen) atoms. The Balaban J connectivity index is 1.77. The highest BCUT2D eigenvalue weighted by Gasteiger charge is 2.26. The van der Waals surface area contributed by atoms with E-state index in [1.54, 1.807) is 14.2 Å². The zero-order chi connectivity index (χ0) is 20.0. The highest BCUT2D eigenvalue weighted by atomic mass is 32.1. The lowest BCUT2D eigenvalue weighted by atomic mass is 10.0. The number of thiazole rings is 1. The molecule has 1 aliphatic heterocycles. The minimum atomic E-state index is -0.125. The van der Waals surface area contributed by atoms with Gasteiger partial charge in [-0.1, -0.05) is 18.2 Å². The number of benzene rings is 2. The third-order valence-corrected chi connectivity index (χ3v) is 5.71. The number of imidazole rings is 1. The minimum Gasteiger partial charge on any atom is -0.497 e. The number of carbonyl (C=O) groups is 1. The van der Waals surface area contributed by atoms with E-state index in [0.29, 0.717) is 17.1 Å². The maximum atomic E-state index is 12.7. The summed E-state index contributed by atoms with van der Waals surface area (Å²) in [4.78, 5) is 18.3. The molecule has 2 aromatic heterocycles. The van der Waals surface area contributed by atoms with E-state index in [1.807, 2.05) is 64.5 Å². The van der Waals surface area contributed by atoms with E-state index < -0.39 is 0 Å². The number of nitrogens with one attached hydrogen (secondary N) is 1. The van der Waals surface area contributed by atoms with Crippen LogP contribution in [0.3, 0.4) is 0 Å². The average Bonchev–Trinajstić information content (AvgIpc) is 3.42. The van der Waals surface area contributed by atoms with Gasteiger partial charge < -0.3 is 14.8 Å². The number of ether oxygens (including phenoxy) is 2. The van der Waals surface area contributed by atoms with Crippen molar-refractivity contribution in [3.63, 3.8) is 0 Å². The van der Waals surface area contributed by atoms with Gasteiger partial charge in [0.15, 0.2) is 4.96 Å². The van der Waals surface area contributed by atoms with E-state index in [9.17, 15) is 4.79 Å². The molecular formula is C22H17N3O3S. The second kappa shape index (κ2) is 6.79. The van der Waals surface area contributed by atoms with Crippen molar-refractivity contribution in [1.82, 2.24) is 9.38 Å². The number of hydrogen-bond acceptors (Lipinski definition) is 5. The molecule has 0 bridgehead atoms. The van der Waals surface area contributed by atoms with Crippen LogP contribution in [0.15, 0.2) is 54.0 Å². The number of fused-ring (bicyclic) bond motifs is 2. The van der Waals surface area contributed by atoms with Gasteiger partial charge in [-0.15, -0.1) is 11.3 Å². The van der Waals surface area contributed by atoms with E-state index in [2.05, 4.69) is 5.32 Å². The monoisotopic (exact) mass is 403 g/mol. The first-order chi connectivity index (χ1) is 14.2. The van der Waals surface area contributed by atoms with E-state index in [4.69, 9.17) is 14.5 Å². The molecule has 0 fully saturated rings. The lowest BCUT2D eigenvalue weighted by Crippen LogP contribution is -2.04. The zero-order valence-corrected chi connectivity index (χ0v) is 16.6. The summed E-state index contributed by atoms with van der Waals surface area (Å²) >= 11 is 1.53. The van der Waals surface area contributed by atoms with Gasteiger partial charge in [0.05, 0.1) is 25.5 Å². The topological polar surface area (TPSA) is 64.9 Å². The van der Waals surface area contributed by atoms with Gasteiger partial charge in [0, 0.05) is 28.4 Å². The highest BCUT2D eigenvalue weighted by molar-refractivity contribution is 7.15. The van der Waals surface area contributed by atoms with Gasteiger partial charge in [0.25, 0.3) is 5.91 Å². The second-order valence-corrected chi connectivity index (χ2v) is 7.40. The number of rotatable bonds is 4. The largest absolute Gasteiger partial charge is 0.497 e. The number of carbonyl (C=O) groups excluding carboxylic acids is 1. The quantitative estimate of drug-likeness (QED) is 0.507. The Labute approximate surface area is 171 Å². The summed E-state index contributed by atoms with van der Waals surface area (Å²) in [7, 11) is 3.25. The van der Waals surface area contributed by atoms with Crippen LogP contribution in [0.2, 0.25) is 0 Å². The molecule has 1 amide bonds. The van der Waals surface area contributed by atoms with E-state index >= 15 is 0 Å². The molecule has 1 aliphatic rings. The number of aromatic nitrogens is 2. The van der Waals surface area contributed by atoms with Gasteiger partial charge in [-0.25, -0.2) is 4.98 Å². The van der Waals surface area contributed by atoms with Crippen LogP contribution < -0.4 is 14.8 Å². The van der Waals surface area contributed by atoms with Gasteiger partial charge >= 0.3 is 0 Å². The molecule has 0 spiro atoms. The lowest BCUT2D eigenvalue weighted by molar-refractivity contribution is -0.110. The van der Waals surface area contributed by atoms with Crippen molar-refractivity contribution in [1.29, 1.82) is 0 Å². The van der Waals surface area contributed by atoms with E-state index in [1.165, 1.54) is 11.3 Å². The summed E-state index contributed by atoms with van der Waals surface area (Å²) in [6, 6.07) is 13.3. The van der Waals surface area contributed by atoms with Crippen LogP contribution in [0.5, 0.6) is 11.5 Å². The van der Waals surface area contributed by atoms with Crippen LogP contribution in [0.4, 0.5) is 5.69 Å². The molecule has 0 unspecified atom stereocenters. The van der Waals surface area contributed by atoms with E-state index in [-0.39, 0.29) is 5.91 Å². The third kappa shape index (κ3) is 2.78. The van der Waals surface area contributed by atoms with Crippen molar-refractivity contribution in [2.24, 2.45) is 0 Å².